The molecule has 3 N–H and O–H groups in total. The maximum Gasteiger partial charge on any atom is 0.0538 e. The number of nitrogens with zero attached hydrogens (tertiary/aromatic N) is 1. The molecule has 2 heterocycles. The number of anilines is 1. The molecular formula is C52H60N4. The first-order valence-corrected chi connectivity index (χ1v) is 20.6. The molecule has 4 aliphatic carbocycles. The molecule has 0 spiro atoms. The summed E-state index contributed by atoms with van der Waals surface area (Å²) in [6.07, 6.45) is 21.2. The van der Waals surface area contributed by atoms with Crippen molar-refractivity contribution in [1.29, 1.82) is 0 Å². The number of hydrogen-bond donors (Lipinski definition) is 3. The molecule has 4 aromatic carbocycles. The highest BCUT2D eigenvalue weighted by molar-refractivity contribution is 5.95. The molecule has 1 atom stereocenters. The number of fused-ring (bicyclic) bond motifs is 6. The van der Waals surface area contributed by atoms with E-state index < -0.39 is 0 Å². The molecule has 4 aliphatic rings. The van der Waals surface area contributed by atoms with E-state index in [1.54, 1.807) is 0 Å². The van der Waals surface area contributed by atoms with Crippen LogP contribution in [0.3, 0.4) is 0 Å². The normalized spacial score (nSPS) is 14.4. The number of rotatable bonds is 5. The molecule has 1 unspecified atom stereocenters. The zero-order valence-corrected chi connectivity index (χ0v) is 34.7. The van der Waals surface area contributed by atoms with Crippen LogP contribution in [0.15, 0.2) is 139 Å². The molecule has 4 nitrogen and oxygen atoms in total. The van der Waals surface area contributed by atoms with Gasteiger partial charge in [-0.05, 0) is 83.3 Å². The van der Waals surface area contributed by atoms with E-state index in [4.69, 9.17) is 0 Å². The highest BCUT2D eigenvalue weighted by Crippen LogP contribution is 2.37. The Hall–Kier alpha value is -6.00. The Morgan fingerprint density at radius 1 is 0.696 bits per heavy atom. The van der Waals surface area contributed by atoms with Crippen molar-refractivity contribution in [3.63, 3.8) is 0 Å². The van der Waals surface area contributed by atoms with Crippen molar-refractivity contribution < 1.29 is 0 Å². The third-order valence-electron chi connectivity index (χ3n) is 9.98. The van der Waals surface area contributed by atoms with Crippen molar-refractivity contribution in [3.05, 3.63) is 183 Å². The lowest BCUT2D eigenvalue weighted by molar-refractivity contribution is 1.01. The van der Waals surface area contributed by atoms with Crippen LogP contribution in [-0.4, -0.2) is 23.6 Å². The molecule has 0 radical (unpaired) electrons. The zero-order chi connectivity index (χ0) is 39.9. The number of aromatic nitrogens is 2. The van der Waals surface area contributed by atoms with E-state index in [9.17, 15) is 0 Å². The number of likely N-dealkylation sites (N-methyl/N-ethyl adjacent to an activating group) is 1. The minimum Gasteiger partial charge on any atom is -0.388 e. The molecule has 0 fully saturated rings. The Morgan fingerprint density at radius 2 is 1.38 bits per heavy atom. The SMILES string of the molecule is C1=Cc2c(n(-c3ccccc3)c3ccc(C4C=c5[nH]c6c(c5=C4)CC(c4ccccc4)=C6)cc23)C1.CC.CC.CC.CNC1=CCC=C1.CNc1ccccc1. The maximum atomic E-state index is 3.70. The van der Waals surface area contributed by atoms with Crippen molar-refractivity contribution in [3.8, 4) is 5.69 Å². The molecule has 2 aromatic heterocycles. The van der Waals surface area contributed by atoms with E-state index in [1.807, 2.05) is 86.0 Å². The predicted molar refractivity (Wildman–Crippen MR) is 247 cm³/mol. The second-order valence-electron chi connectivity index (χ2n) is 13.0. The largest absolute Gasteiger partial charge is 0.388 e. The fourth-order valence-corrected chi connectivity index (χ4v) is 7.47. The molecule has 0 bridgehead atoms. The Balaban J connectivity index is 0.000000237. The molecule has 56 heavy (non-hydrogen) atoms. The van der Waals surface area contributed by atoms with E-state index in [1.165, 1.54) is 72.1 Å². The summed E-state index contributed by atoms with van der Waals surface area (Å²) in [5.41, 5.74) is 14.5. The van der Waals surface area contributed by atoms with Crippen LogP contribution >= 0.6 is 0 Å². The van der Waals surface area contributed by atoms with Gasteiger partial charge >= 0.3 is 0 Å². The lowest BCUT2D eigenvalue weighted by atomic mass is 9.97. The summed E-state index contributed by atoms with van der Waals surface area (Å²) in [4.78, 5) is 3.70. The predicted octanol–water partition coefficient (Wildman–Crippen LogP) is 11.8. The highest BCUT2D eigenvalue weighted by atomic mass is 15.0. The Bertz CT molecular complexity index is 2400. The molecule has 0 amide bonds. The minimum absolute atomic E-state index is 0.299. The van der Waals surface area contributed by atoms with Gasteiger partial charge in [-0.3, -0.25) is 0 Å². The van der Waals surface area contributed by atoms with Crippen molar-refractivity contribution in [1.82, 2.24) is 14.9 Å². The number of allylic oxidation sites excluding steroid dienone is 5. The van der Waals surface area contributed by atoms with Crippen LogP contribution in [0.5, 0.6) is 0 Å². The molecule has 0 aliphatic heterocycles. The van der Waals surface area contributed by atoms with Gasteiger partial charge in [0.2, 0.25) is 0 Å². The van der Waals surface area contributed by atoms with E-state index >= 15 is 0 Å². The van der Waals surface area contributed by atoms with Gasteiger partial charge in [0.05, 0.1) is 5.52 Å². The van der Waals surface area contributed by atoms with Gasteiger partial charge in [-0.15, -0.1) is 0 Å². The van der Waals surface area contributed by atoms with E-state index in [0.717, 1.165) is 24.9 Å². The summed E-state index contributed by atoms with van der Waals surface area (Å²) in [5, 5.41) is 10.1. The second-order valence-corrected chi connectivity index (χ2v) is 13.0. The minimum atomic E-state index is 0.299. The number of benzene rings is 4. The fraction of sp³-hybridized carbons (Fsp3) is 0.231. The zero-order valence-electron chi connectivity index (χ0n) is 34.7. The van der Waals surface area contributed by atoms with E-state index in [0.29, 0.717) is 5.92 Å². The summed E-state index contributed by atoms with van der Waals surface area (Å²) < 4.78 is 2.43. The molecule has 288 valence electrons. The van der Waals surface area contributed by atoms with Crippen molar-refractivity contribution in [2.24, 2.45) is 0 Å². The first kappa shape index (κ1) is 41.2. The topological polar surface area (TPSA) is 44.8 Å². The third kappa shape index (κ3) is 9.09. The molecule has 0 saturated carbocycles. The number of nitrogens with one attached hydrogen (secondary N) is 3. The number of hydrogen-bond acceptors (Lipinski definition) is 2. The smallest absolute Gasteiger partial charge is 0.0538 e. The van der Waals surface area contributed by atoms with Crippen LogP contribution in [0.4, 0.5) is 5.69 Å². The quantitative estimate of drug-likeness (QED) is 0.165. The molecule has 10 rings (SSSR count). The summed E-state index contributed by atoms with van der Waals surface area (Å²) in [6, 6.07) is 38.6. The summed E-state index contributed by atoms with van der Waals surface area (Å²) in [5.74, 6) is 0.299. The van der Waals surface area contributed by atoms with Gasteiger partial charge in [0.1, 0.15) is 0 Å². The molecule has 0 saturated heterocycles. The molecular weight excluding hydrogens is 681 g/mol. The van der Waals surface area contributed by atoms with Crippen LogP contribution in [0, 0.1) is 0 Å². The Kier molecular flexibility index (Phi) is 15.2. The third-order valence-corrected chi connectivity index (χ3v) is 9.98. The van der Waals surface area contributed by atoms with Gasteiger partial charge in [0.25, 0.3) is 0 Å². The van der Waals surface area contributed by atoms with Crippen LogP contribution < -0.4 is 21.2 Å². The summed E-state index contributed by atoms with van der Waals surface area (Å²) in [6.45, 7) is 12.0. The number of para-hydroxylation sites is 2. The molecule has 6 aromatic rings. The van der Waals surface area contributed by atoms with Crippen molar-refractivity contribution in [2.75, 3.05) is 19.4 Å². The monoisotopic (exact) mass is 740 g/mol. The van der Waals surface area contributed by atoms with Gasteiger partial charge in [0.15, 0.2) is 0 Å². The Morgan fingerprint density at radius 3 is 1.98 bits per heavy atom. The Labute approximate surface area is 335 Å². The first-order valence-electron chi connectivity index (χ1n) is 20.6. The van der Waals surface area contributed by atoms with Crippen molar-refractivity contribution in [2.45, 2.75) is 66.7 Å². The standard InChI is InChI=1S/C33H24N2.C7H9N.C6H9N.3C2H6/c1-3-8-21(9-4-1)23-17-27-28-18-24(20-31(28)34-30(27)19-23)22-14-15-33-29(16-22)26-12-7-13-32(26)35(33)25-10-5-2-6-11-25;1-8-7-5-3-2-4-6-7;1-7-6-4-2-3-5-6;3*1-2/h1-12,14-16,18-20,24,34H,13,17H2;2-6,8H,1H3;2,4-5,7H,3H2,1H3;3*1-2H3. The second kappa shape index (κ2) is 20.6. The van der Waals surface area contributed by atoms with Crippen LogP contribution in [0.25, 0.3) is 46.5 Å². The summed E-state index contributed by atoms with van der Waals surface area (Å²) in [7, 11) is 3.84. The number of aromatic amines is 1. The van der Waals surface area contributed by atoms with Gasteiger partial charge < -0.3 is 20.2 Å². The lowest BCUT2D eigenvalue weighted by Gasteiger charge is -2.11. The fourth-order valence-electron chi connectivity index (χ4n) is 7.47. The van der Waals surface area contributed by atoms with Crippen LogP contribution in [0.2, 0.25) is 0 Å². The lowest BCUT2D eigenvalue weighted by Crippen LogP contribution is -2.21. The number of H-pyrrole nitrogens is 1. The van der Waals surface area contributed by atoms with Crippen LogP contribution in [-0.2, 0) is 12.8 Å². The van der Waals surface area contributed by atoms with E-state index in [2.05, 4.69) is 148 Å². The van der Waals surface area contributed by atoms with Gasteiger partial charge in [0, 0.05) is 82.8 Å². The van der Waals surface area contributed by atoms with Gasteiger partial charge in [-0.2, -0.15) is 0 Å². The molecule has 4 heteroatoms. The maximum absolute atomic E-state index is 3.70. The summed E-state index contributed by atoms with van der Waals surface area (Å²) >= 11 is 0. The van der Waals surface area contributed by atoms with Crippen molar-refractivity contribution >= 4 is 46.5 Å². The average molecular weight is 741 g/mol. The van der Waals surface area contributed by atoms with Gasteiger partial charge in [-0.25, -0.2) is 0 Å². The van der Waals surface area contributed by atoms with Gasteiger partial charge in [-0.1, -0.05) is 145 Å². The average Bonchev–Trinajstić information content (AvgIpc) is 4.15. The van der Waals surface area contributed by atoms with Crippen LogP contribution in [0.1, 0.15) is 87.5 Å². The first-order chi connectivity index (χ1) is 27.7. The highest BCUT2D eigenvalue weighted by Gasteiger charge is 2.24. The van der Waals surface area contributed by atoms with E-state index in [-0.39, 0.29) is 0 Å².